The molecule has 0 radical (unpaired) electrons. The molecule has 0 spiro atoms. The molecule has 0 fully saturated rings. The zero-order valence-electron chi connectivity index (χ0n) is 15.6. The van der Waals surface area contributed by atoms with Crippen LogP contribution >= 0.6 is 11.6 Å². The average Bonchev–Trinajstić information content (AvgIpc) is 3.07. The fraction of sp³-hybridized carbons (Fsp3) is 0.222. The van der Waals surface area contributed by atoms with Crippen molar-refractivity contribution in [1.29, 1.82) is 0 Å². The van der Waals surface area contributed by atoms with Gasteiger partial charge in [0.15, 0.2) is 0 Å². The first-order valence-corrected chi connectivity index (χ1v) is 8.05. The van der Waals surface area contributed by atoms with Crippen LogP contribution in [0.3, 0.4) is 0 Å². The molecule has 2 aliphatic rings. The van der Waals surface area contributed by atoms with Crippen LogP contribution in [0.1, 0.15) is 44.4 Å². The molecule has 2 bridgehead atoms. The number of carbonyl (C=O) groups is 1. The Morgan fingerprint density at radius 1 is 1.28 bits per heavy atom. The van der Waals surface area contributed by atoms with E-state index in [0.29, 0.717) is 5.52 Å². The minimum absolute atomic E-state index is 0.00401. The van der Waals surface area contributed by atoms with E-state index in [0.717, 1.165) is 11.0 Å². The fourth-order valence-electron chi connectivity index (χ4n) is 3.90. The highest BCUT2D eigenvalue weighted by molar-refractivity contribution is 6.31. The number of halogens is 3. The van der Waals surface area contributed by atoms with Crippen molar-refractivity contribution in [2.24, 2.45) is 0 Å². The first-order valence-electron chi connectivity index (χ1n) is 9.17. The van der Waals surface area contributed by atoms with E-state index in [1.54, 1.807) is 4.57 Å². The van der Waals surface area contributed by atoms with E-state index in [4.69, 9.17) is 15.7 Å². The molecule has 5 rings (SSSR count). The van der Waals surface area contributed by atoms with Crippen LogP contribution in [0.2, 0.25) is 5.02 Å². The van der Waals surface area contributed by atoms with Gasteiger partial charge in [-0.1, -0.05) is 17.7 Å². The van der Waals surface area contributed by atoms with Crippen molar-refractivity contribution in [2.75, 3.05) is 6.98 Å². The lowest BCUT2D eigenvalue weighted by atomic mass is 9.98. The Balaban J connectivity index is 1.88. The topological polar surface area (TPSA) is 38.1 Å². The molecule has 2 atom stereocenters. The summed E-state index contributed by atoms with van der Waals surface area (Å²) < 4.78 is 54.0. The van der Waals surface area contributed by atoms with Crippen molar-refractivity contribution in [3.8, 4) is 0 Å². The zero-order chi connectivity index (χ0) is 20.0. The van der Waals surface area contributed by atoms with Crippen molar-refractivity contribution in [3.63, 3.8) is 0 Å². The lowest BCUT2D eigenvalue weighted by molar-refractivity contribution is 0.0734. The number of nitrogens with zero attached hydrogens (tertiary/aromatic N) is 3. The zero-order valence-corrected chi connectivity index (χ0v) is 13.4. The van der Waals surface area contributed by atoms with Gasteiger partial charge in [-0.15, -0.1) is 0 Å². The van der Waals surface area contributed by atoms with Crippen LogP contribution < -0.4 is 0 Å². The van der Waals surface area contributed by atoms with Crippen molar-refractivity contribution < 1.29 is 17.7 Å². The van der Waals surface area contributed by atoms with Gasteiger partial charge < -0.3 is 9.47 Å². The molecule has 0 saturated heterocycles. The molecule has 0 aliphatic carbocycles. The van der Waals surface area contributed by atoms with Gasteiger partial charge in [-0.25, -0.2) is 13.8 Å². The van der Waals surface area contributed by atoms with Crippen molar-refractivity contribution in [3.05, 3.63) is 63.9 Å². The van der Waals surface area contributed by atoms with Crippen molar-refractivity contribution in [2.45, 2.75) is 18.5 Å². The van der Waals surface area contributed by atoms with Gasteiger partial charge in [0.2, 0.25) is 0 Å². The molecule has 4 nitrogen and oxygen atoms in total. The van der Waals surface area contributed by atoms with Crippen molar-refractivity contribution in [1.82, 2.24) is 14.5 Å². The molecule has 3 aromatic rings. The van der Waals surface area contributed by atoms with E-state index in [1.165, 1.54) is 24.3 Å². The molecule has 1 aromatic heterocycles. The summed E-state index contributed by atoms with van der Waals surface area (Å²) >= 11 is 5.93. The Labute approximate surface area is 150 Å². The number of aromatic nitrogens is 2. The van der Waals surface area contributed by atoms with Crippen LogP contribution in [0.4, 0.5) is 8.78 Å². The highest BCUT2D eigenvalue weighted by Gasteiger charge is 2.44. The Morgan fingerprint density at radius 3 is 2.92 bits per heavy atom. The normalized spacial score (nSPS) is 23.7. The second-order valence-corrected chi connectivity index (χ2v) is 6.65. The second kappa shape index (κ2) is 4.79. The summed E-state index contributed by atoms with van der Waals surface area (Å²) in [5.74, 6) is -1.77. The van der Waals surface area contributed by atoms with Gasteiger partial charge in [0, 0.05) is 34.7 Å². The van der Waals surface area contributed by atoms with E-state index in [2.05, 4.69) is 4.98 Å². The summed E-state index contributed by atoms with van der Waals surface area (Å²) in [5, 5.41) is -0.119. The average molecular weight is 363 g/mol. The van der Waals surface area contributed by atoms with E-state index < -0.39 is 36.6 Å². The number of imidazole rings is 1. The second-order valence-electron chi connectivity index (χ2n) is 6.24. The number of fused-ring (bicyclic) bond motifs is 9. The molecule has 0 saturated carbocycles. The Kier molecular flexibility index (Phi) is 2.29. The van der Waals surface area contributed by atoms with Gasteiger partial charge in [-0.05, 0) is 18.2 Å². The molecule has 3 heterocycles. The molecule has 2 aromatic carbocycles. The molecule has 0 N–H and O–H groups in total. The predicted octanol–water partition coefficient (Wildman–Crippen LogP) is 4.09. The minimum atomic E-state index is -2.75. The number of amides is 1. The monoisotopic (exact) mass is 362 g/mol. The summed E-state index contributed by atoms with van der Waals surface area (Å²) in [6.45, 7) is -2.75. The number of hydrogen-bond acceptors (Lipinski definition) is 2. The van der Waals surface area contributed by atoms with E-state index in [-0.39, 0.29) is 33.9 Å². The van der Waals surface area contributed by atoms with Crippen LogP contribution in [-0.4, -0.2) is 27.3 Å². The highest BCUT2D eigenvalue weighted by atomic mass is 35.5. The van der Waals surface area contributed by atoms with Gasteiger partial charge >= 0.3 is 0 Å². The van der Waals surface area contributed by atoms with E-state index in [9.17, 15) is 13.6 Å². The molecule has 126 valence electrons. The summed E-state index contributed by atoms with van der Waals surface area (Å²) in [4.78, 5) is 18.2. The molecular formula is C18H12ClF2N3O. The molecule has 0 unspecified atom stereocenters. The number of rotatable bonds is 0. The standard InChI is InChI=1S/C18H12ClF2N3O/c1-23-15-7-14(16-8(18(23)25)3-2-4-10(16)20)24-13-5-9(19)11(21)6-12(13)22-17(15)24/h2-6,14-15H,7H2,1H3/t14-,15-/m1/s1/i1D3. The molecular weight excluding hydrogens is 348 g/mol. The van der Waals surface area contributed by atoms with Gasteiger partial charge in [0.05, 0.1) is 28.1 Å². The summed E-state index contributed by atoms with van der Waals surface area (Å²) in [6, 6.07) is 5.02. The van der Waals surface area contributed by atoms with Crippen LogP contribution in [-0.2, 0) is 0 Å². The Morgan fingerprint density at radius 2 is 2.12 bits per heavy atom. The number of benzene rings is 2. The van der Waals surface area contributed by atoms with Gasteiger partial charge in [-0.2, -0.15) is 0 Å². The third-order valence-electron chi connectivity index (χ3n) is 4.96. The third kappa shape index (κ3) is 1.80. The van der Waals surface area contributed by atoms with Gasteiger partial charge in [0.1, 0.15) is 17.5 Å². The molecule has 2 aliphatic heterocycles. The predicted molar refractivity (Wildman–Crippen MR) is 88.7 cm³/mol. The third-order valence-corrected chi connectivity index (χ3v) is 5.25. The maximum Gasteiger partial charge on any atom is 0.254 e. The number of hydrogen-bond donors (Lipinski definition) is 0. The van der Waals surface area contributed by atoms with Gasteiger partial charge in [0.25, 0.3) is 5.91 Å². The lowest BCUT2D eigenvalue weighted by Gasteiger charge is -2.23. The molecule has 25 heavy (non-hydrogen) atoms. The molecule has 7 heteroatoms. The smallest absolute Gasteiger partial charge is 0.254 e. The quantitative estimate of drug-likeness (QED) is 0.604. The first-order chi connectivity index (χ1) is 13.2. The lowest BCUT2D eigenvalue weighted by Crippen LogP contribution is -2.30. The highest BCUT2D eigenvalue weighted by Crippen LogP contribution is 2.48. The van der Waals surface area contributed by atoms with Crippen LogP contribution in [0.25, 0.3) is 11.0 Å². The SMILES string of the molecule is [2H]C([2H])([2H])N1C(=O)c2cccc(F)c2[C@H]2C[C@@H]1c1nc3cc(F)c(Cl)cc3n12. The minimum Gasteiger partial charge on any atom is -0.331 e. The Hall–Kier alpha value is -2.47. The van der Waals surface area contributed by atoms with E-state index in [1.807, 2.05) is 0 Å². The van der Waals surface area contributed by atoms with Crippen LogP contribution in [0.15, 0.2) is 30.3 Å². The largest absolute Gasteiger partial charge is 0.331 e. The molecule has 1 amide bonds. The van der Waals surface area contributed by atoms with E-state index >= 15 is 0 Å². The summed E-state index contributed by atoms with van der Waals surface area (Å²) in [6.07, 6.45) is 0.158. The number of carbonyl (C=O) groups excluding carboxylic acids is 1. The fourth-order valence-corrected chi connectivity index (χ4v) is 4.05. The maximum absolute atomic E-state index is 14.8. The first kappa shape index (κ1) is 12.0. The Bertz CT molecular complexity index is 1180. The van der Waals surface area contributed by atoms with Gasteiger partial charge in [-0.3, -0.25) is 4.79 Å². The van der Waals surface area contributed by atoms with Crippen molar-refractivity contribution >= 4 is 28.5 Å². The maximum atomic E-state index is 14.8. The van der Waals surface area contributed by atoms with Crippen LogP contribution in [0, 0.1) is 11.6 Å². The summed E-state index contributed by atoms with van der Waals surface area (Å²) in [5.41, 5.74) is 0.847. The summed E-state index contributed by atoms with van der Waals surface area (Å²) in [7, 11) is 0. The van der Waals surface area contributed by atoms with Crippen LogP contribution in [0.5, 0.6) is 0 Å².